The molecule has 0 radical (unpaired) electrons. The number of amides is 2. The number of carbonyl (C=O) groups is 2. The summed E-state index contributed by atoms with van der Waals surface area (Å²) in [5, 5.41) is 2.90. The zero-order valence-electron chi connectivity index (χ0n) is 17.6. The van der Waals surface area contributed by atoms with Gasteiger partial charge in [-0.05, 0) is 55.4 Å². The summed E-state index contributed by atoms with van der Waals surface area (Å²) in [5.74, 6) is 0.981. The number of aromatic nitrogens is 1. The van der Waals surface area contributed by atoms with Gasteiger partial charge in [-0.3, -0.25) is 9.59 Å². The van der Waals surface area contributed by atoms with Gasteiger partial charge in [0, 0.05) is 25.2 Å². The molecule has 1 aromatic heterocycles. The summed E-state index contributed by atoms with van der Waals surface area (Å²) < 4.78 is 0. The quantitative estimate of drug-likeness (QED) is 0.795. The van der Waals surface area contributed by atoms with E-state index in [0.29, 0.717) is 24.7 Å². The number of nitrogens with one attached hydrogen (secondary N) is 1. The molecule has 1 aliphatic heterocycles. The Morgan fingerprint density at radius 3 is 2.62 bits per heavy atom. The maximum Gasteiger partial charge on any atom is 0.230 e. The number of rotatable bonds is 6. The second kappa shape index (κ2) is 9.68. The van der Waals surface area contributed by atoms with E-state index < -0.39 is 0 Å². The van der Waals surface area contributed by atoms with Crippen LogP contribution in [-0.4, -0.2) is 34.8 Å². The van der Waals surface area contributed by atoms with Gasteiger partial charge >= 0.3 is 0 Å². The molecule has 1 unspecified atom stereocenters. The predicted molar refractivity (Wildman–Crippen MR) is 116 cm³/mol. The van der Waals surface area contributed by atoms with Crippen molar-refractivity contribution in [2.45, 2.75) is 52.4 Å². The highest BCUT2D eigenvalue weighted by Gasteiger charge is 2.28. The minimum absolute atomic E-state index is 0.0510. The Labute approximate surface area is 173 Å². The SMILES string of the molecule is Cc1cccc(NC(=O)C2CCCN(C(=O)CCc3ccc(C(C)C)cc3)C2)n1. The molecule has 0 bridgehead atoms. The van der Waals surface area contributed by atoms with Crippen LogP contribution in [0.1, 0.15) is 55.8 Å². The van der Waals surface area contributed by atoms with E-state index in [1.54, 1.807) is 6.07 Å². The molecule has 0 spiro atoms. The predicted octanol–water partition coefficient (Wildman–Crippen LogP) is 4.32. The molecule has 2 heterocycles. The van der Waals surface area contributed by atoms with E-state index in [4.69, 9.17) is 0 Å². The molecule has 1 N–H and O–H groups in total. The Balaban J connectivity index is 1.51. The molecule has 2 amide bonds. The summed E-state index contributed by atoms with van der Waals surface area (Å²) in [6.07, 6.45) is 2.87. The molecule has 0 saturated carbocycles. The number of carbonyl (C=O) groups excluding carboxylic acids is 2. The summed E-state index contributed by atoms with van der Waals surface area (Å²) in [4.78, 5) is 31.5. The highest BCUT2D eigenvalue weighted by atomic mass is 16.2. The standard InChI is InChI=1S/C24H31N3O2/c1-17(2)20-12-9-19(10-13-20)11-14-23(28)27-15-5-7-21(16-27)24(29)26-22-8-4-6-18(3)25-22/h4,6,8-10,12-13,17,21H,5,7,11,14-16H2,1-3H3,(H,25,26,29). The van der Waals surface area contributed by atoms with Crippen molar-refractivity contribution in [3.8, 4) is 0 Å². The summed E-state index contributed by atoms with van der Waals surface area (Å²) in [6, 6.07) is 14.1. The minimum Gasteiger partial charge on any atom is -0.342 e. The number of pyridine rings is 1. The lowest BCUT2D eigenvalue weighted by atomic mass is 9.96. The number of benzene rings is 1. The van der Waals surface area contributed by atoms with Crippen LogP contribution < -0.4 is 5.32 Å². The second-order valence-corrected chi connectivity index (χ2v) is 8.23. The van der Waals surface area contributed by atoms with Gasteiger partial charge in [0.15, 0.2) is 0 Å². The molecule has 1 atom stereocenters. The van der Waals surface area contributed by atoms with Crippen LogP contribution in [0, 0.1) is 12.8 Å². The molecule has 3 rings (SSSR count). The van der Waals surface area contributed by atoms with E-state index >= 15 is 0 Å². The van der Waals surface area contributed by atoms with Crippen LogP contribution in [0.2, 0.25) is 0 Å². The van der Waals surface area contributed by atoms with Gasteiger partial charge in [0.1, 0.15) is 5.82 Å². The number of likely N-dealkylation sites (tertiary alicyclic amines) is 1. The lowest BCUT2D eigenvalue weighted by Gasteiger charge is -2.32. The lowest BCUT2D eigenvalue weighted by molar-refractivity contribution is -0.134. The molecular weight excluding hydrogens is 362 g/mol. The minimum atomic E-state index is -0.180. The maximum absolute atomic E-state index is 12.7. The zero-order valence-corrected chi connectivity index (χ0v) is 17.6. The fraction of sp³-hybridized carbons (Fsp3) is 0.458. The van der Waals surface area contributed by atoms with E-state index in [2.05, 4.69) is 48.4 Å². The molecule has 154 valence electrons. The van der Waals surface area contributed by atoms with Crippen LogP contribution in [0.15, 0.2) is 42.5 Å². The highest BCUT2D eigenvalue weighted by molar-refractivity contribution is 5.92. The molecule has 5 heteroatoms. The molecule has 29 heavy (non-hydrogen) atoms. The largest absolute Gasteiger partial charge is 0.342 e. The van der Waals surface area contributed by atoms with Gasteiger partial charge in [-0.25, -0.2) is 4.98 Å². The summed E-state index contributed by atoms with van der Waals surface area (Å²) in [6.45, 7) is 7.47. The van der Waals surface area contributed by atoms with E-state index in [1.165, 1.54) is 11.1 Å². The van der Waals surface area contributed by atoms with Crippen LogP contribution in [0.4, 0.5) is 5.82 Å². The first-order valence-electron chi connectivity index (χ1n) is 10.5. The average molecular weight is 394 g/mol. The van der Waals surface area contributed by atoms with Crippen molar-refractivity contribution in [3.05, 3.63) is 59.3 Å². The molecule has 5 nitrogen and oxygen atoms in total. The van der Waals surface area contributed by atoms with E-state index in [0.717, 1.165) is 31.5 Å². The molecular formula is C24H31N3O2. The Bertz CT molecular complexity index is 845. The number of aryl methyl sites for hydroxylation is 2. The first kappa shape index (κ1) is 21.0. The first-order valence-corrected chi connectivity index (χ1v) is 10.5. The molecule has 1 saturated heterocycles. The topological polar surface area (TPSA) is 62.3 Å². The van der Waals surface area contributed by atoms with Gasteiger partial charge in [0.2, 0.25) is 11.8 Å². The van der Waals surface area contributed by atoms with Gasteiger partial charge in [-0.1, -0.05) is 44.2 Å². The Hall–Kier alpha value is -2.69. The van der Waals surface area contributed by atoms with Crippen molar-refractivity contribution in [2.24, 2.45) is 5.92 Å². The van der Waals surface area contributed by atoms with Gasteiger partial charge < -0.3 is 10.2 Å². The van der Waals surface area contributed by atoms with Gasteiger partial charge in [-0.15, -0.1) is 0 Å². The number of nitrogens with zero attached hydrogens (tertiary/aromatic N) is 2. The second-order valence-electron chi connectivity index (χ2n) is 8.23. The van der Waals surface area contributed by atoms with Crippen molar-refractivity contribution in [1.82, 2.24) is 9.88 Å². The molecule has 2 aromatic rings. The highest BCUT2D eigenvalue weighted by Crippen LogP contribution is 2.20. The molecule has 1 aliphatic rings. The van der Waals surface area contributed by atoms with Gasteiger partial charge in [0.25, 0.3) is 0 Å². The Morgan fingerprint density at radius 1 is 1.17 bits per heavy atom. The van der Waals surface area contributed by atoms with E-state index in [1.807, 2.05) is 24.0 Å². The normalized spacial score (nSPS) is 16.7. The summed E-state index contributed by atoms with van der Waals surface area (Å²) >= 11 is 0. The van der Waals surface area contributed by atoms with Crippen LogP contribution in [0.25, 0.3) is 0 Å². The van der Waals surface area contributed by atoms with Crippen LogP contribution in [0.5, 0.6) is 0 Å². The number of hydrogen-bond donors (Lipinski definition) is 1. The number of hydrogen-bond acceptors (Lipinski definition) is 3. The van der Waals surface area contributed by atoms with E-state index in [9.17, 15) is 9.59 Å². The van der Waals surface area contributed by atoms with Crippen molar-refractivity contribution >= 4 is 17.6 Å². The van der Waals surface area contributed by atoms with Crippen molar-refractivity contribution in [2.75, 3.05) is 18.4 Å². The third-order valence-electron chi connectivity index (χ3n) is 5.56. The first-order chi connectivity index (χ1) is 13.9. The van der Waals surface area contributed by atoms with Crippen LogP contribution in [0.3, 0.4) is 0 Å². The third-order valence-corrected chi connectivity index (χ3v) is 5.56. The Morgan fingerprint density at radius 2 is 1.93 bits per heavy atom. The van der Waals surface area contributed by atoms with Crippen LogP contribution >= 0.6 is 0 Å². The van der Waals surface area contributed by atoms with Gasteiger partial charge in [0.05, 0.1) is 5.92 Å². The maximum atomic E-state index is 12.7. The fourth-order valence-corrected chi connectivity index (χ4v) is 3.74. The summed E-state index contributed by atoms with van der Waals surface area (Å²) in [7, 11) is 0. The average Bonchev–Trinajstić information content (AvgIpc) is 2.72. The number of piperidine rings is 1. The van der Waals surface area contributed by atoms with Crippen molar-refractivity contribution in [1.29, 1.82) is 0 Å². The molecule has 1 aromatic carbocycles. The lowest BCUT2D eigenvalue weighted by Crippen LogP contribution is -2.43. The molecule has 0 aliphatic carbocycles. The van der Waals surface area contributed by atoms with E-state index in [-0.39, 0.29) is 17.7 Å². The van der Waals surface area contributed by atoms with Crippen molar-refractivity contribution < 1.29 is 9.59 Å². The van der Waals surface area contributed by atoms with Gasteiger partial charge in [-0.2, -0.15) is 0 Å². The monoisotopic (exact) mass is 393 g/mol. The summed E-state index contributed by atoms with van der Waals surface area (Å²) in [5.41, 5.74) is 3.36. The fourth-order valence-electron chi connectivity index (χ4n) is 3.74. The van der Waals surface area contributed by atoms with Crippen LogP contribution in [-0.2, 0) is 16.0 Å². The number of anilines is 1. The third kappa shape index (κ3) is 5.89. The zero-order chi connectivity index (χ0) is 20.8. The smallest absolute Gasteiger partial charge is 0.230 e. The molecule has 1 fully saturated rings. The van der Waals surface area contributed by atoms with Crippen molar-refractivity contribution in [3.63, 3.8) is 0 Å². The Kier molecular flexibility index (Phi) is 7.02.